The molecule has 0 saturated carbocycles. The van der Waals surface area contributed by atoms with Gasteiger partial charge in [-0.15, -0.1) is 0 Å². The van der Waals surface area contributed by atoms with Gasteiger partial charge in [-0.25, -0.2) is 8.42 Å². The second kappa shape index (κ2) is 9.86. The van der Waals surface area contributed by atoms with Crippen molar-refractivity contribution in [3.8, 4) is 0 Å². The summed E-state index contributed by atoms with van der Waals surface area (Å²) in [5.74, 6) is -0.724. The lowest BCUT2D eigenvalue weighted by Crippen LogP contribution is -2.41. The van der Waals surface area contributed by atoms with E-state index in [0.29, 0.717) is 30.6 Å². The van der Waals surface area contributed by atoms with Crippen LogP contribution in [0, 0.1) is 5.92 Å². The number of benzene rings is 2. The lowest BCUT2D eigenvalue weighted by molar-refractivity contribution is -0.120. The number of piperidine rings is 1. The summed E-state index contributed by atoms with van der Waals surface area (Å²) < 4.78 is 26.9. The fourth-order valence-corrected chi connectivity index (χ4v) is 4.95. The standard InChI is InChI=1S/C22H27N3O4S/c1-2-14-23-22(27)19-10-6-7-11-20(19)24-21(26)17-12-15-25(16-13-17)30(28,29)18-8-4-3-5-9-18/h3-11,17H,2,12-16H2,1H3,(H,23,27)(H,24,26). The molecule has 1 fully saturated rings. The van der Waals surface area contributed by atoms with Gasteiger partial charge in [0.1, 0.15) is 0 Å². The van der Waals surface area contributed by atoms with Crippen molar-refractivity contribution in [3.63, 3.8) is 0 Å². The lowest BCUT2D eigenvalue weighted by atomic mass is 9.97. The molecule has 1 saturated heterocycles. The second-order valence-electron chi connectivity index (χ2n) is 7.28. The molecule has 8 heteroatoms. The summed E-state index contributed by atoms with van der Waals surface area (Å²) in [6.07, 6.45) is 1.69. The average Bonchev–Trinajstić information content (AvgIpc) is 2.78. The fraction of sp³-hybridized carbons (Fsp3) is 0.364. The summed E-state index contributed by atoms with van der Waals surface area (Å²) in [6, 6.07) is 15.2. The smallest absolute Gasteiger partial charge is 0.253 e. The zero-order valence-electron chi connectivity index (χ0n) is 17.0. The normalized spacial score (nSPS) is 15.5. The van der Waals surface area contributed by atoms with Gasteiger partial charge < -0.3 is 10.6 Å². The lowest BCUT2D eigenvalue weighted by Gasteiger charge is -2.30. The number of amides is 2. The van der Waals surface area contributed by atoms with E-state index in [2.05, 4.69) is 10.6 Å². The maximum absolute atomic E-state index is 12.8. The summed E-state index contributed by atoms with van der Waals surface area (Å²) in [4.78, 5) is 25.4. The van der Waals surface area contributed by atoms with Gasteiger partial charge in [0.25, 0.3) is 5.91 Å². The van der Waals surface area contributed by atoms with E-state index in [1.807, 2.05) is 6.92 Å². The van der Waals surface area contributed by atoms with Crippen LogP contribution < -0.4 is 10.6 Å². The molecule has 160 valence electrons. The van der Waals surface area contributed by atoms with Gasteiger partial charge in [0.15, 0.2) is 0 Å². The summed E-state index contributed by atoms with van der Waals surface area (Å²) in [7, 11) is -3.55. The summed E-state index contributed by atoms with van der Waals surface area (Å²) in [6.45, 7) is 3.11. The first-order valence-electron chi connectivity index (χ1n) is 10.2. The van der Waals surface area contributed by atoms with Crippen LogP contribution in [-0.2, 0) is 14.8 Å². The van der Waals surface area contributed by atoms with Crippen molar-refractivity contribution in [1.82, 2.24) is 9.62 Å². The Hall–Kier alpha value is -2.71. The minimum Gasteiger partial charge on any atom is -0.352 e. The van der Waals surface area contributed by atoms with Crippen LogP contribution in [0.15, 0.2) is 59.5 Å². The number of para-hydroxylation sites is 1. The molecule has 2 aromatic rings. The number of nitrogens with one attached hydrogen (secondary N) is 2. The Morgan fingerprint density at radius 3 is 2.30 bits per heavy atom. The first-order valence-corrected chi connectivity index (χ1v) is 11.6. The van der Waals surface area contributed by atoms with Crippen LogP contribution in [0.5, 0.6) is 0 Å². The number of carbonyl (C=O) groups excluding carboxylic acids is 2. The Kier molecular flexibility index (Phi) is 7.23. The van der Waals surface area contributed by atoms with Gasteiger partial charge in [-0.1, -0.05) is 37.3 Å². The van der Waals surface area contributed by atoms with E-state index in [1.54, 1.807) is 54.6 Å². The van der Waals surface area contributed by atoms with Crippen LogP contribution in [0.4, 0.5) is 5.69 Å². The van der Waals surface area contributed by atoms with E-state index in [4.69, 9.17) is 0 Å². The molecule has 2 amide bonds. The number of nitrogens with zero attached hydrogens (tertiary/aromatic N) is 1. The monoisotopic (exact) mass is 429 g/mol. The highest BCUT2D eigenvalue weighted by atomic mass is 32.2. The van der Waals surface area contributed by atoms with Crippen LogP contribution in [0.3, 0.4) is 0 Å². The molecule has 0 aliphatic carbocycles. The highest BCUT2D eigenvalue weighted by Gasteiger charge is 2.32. The summed E-state index contributed by atoms with van der Waals surface area (Å²) >= 11 is 0. The van der Waals surface area contributed by atoms with Gasteiger partial charge >= 0.3 is 0 Å². The SMILES string of the molecule is CCCNC(=O)c1ccccc1NC(=O)C1CCN(S(=O)(=O)c2ccccc2)CC1. The molecule has 30 heavy (non-hydrogen) atoms. The van der Waals surface area contributed by atoms with E-state index < -0.39 is 10.0 Å². The fourth-order valence-electron chi connectivity index (χ4n) is 3.46. The zero-order valence-corrected chi connectivity index (χ0v) is 17.8. The summed E-state index contributed by atoms with van der Waals surface area (Å²) in [5.41, 5.74) is 0.888. The van der Waals surface area contributed by atoms with E-state index in [0.717, 1.165) is 6.42 Å². The molecular formula is C22H27N3O4S. The van der Waals surface area contributed by atoms with E-state index in [9.17, 15) is 18.0 Å². The summed E-state index contributed by atoms with van der Waals surface area (Å²) in [5, 5.41) is 5.67. The van der Waals surface area contributed by atoms with Crippen LogP contribution in [0.1, 0.15) is 36.5 Å². The highest BCUT2D eigenvalue weighted by Crippen LogP contribution is 2.25. The molecule has 0 spiro atoms. The van der Waals surface area contributed by atoms with E-state index >= 15 is 0 Å². The van der Waals surface area contributed by atoms with Gasteiger partial charge in [-0.2, -0.15) is 4.31 Å². The molecule has 1 aliphatic rings. The van der Waals surface area contributed by atoms with E-state index in [1.165, 1.54) is 4.31 Å². The predicted molar refractivity (Wildman–Crippen MR) is 116 cm³/mol. The van der Waals surface area contributed by atoms with Crippen molar-refractivity contribution in [2.24, 2.45) is 5.92 Å². The Bertz CT molecular complexity index is 984. The van der Waals surface area contributed by atoms with Crippen molar-refractivity contribution < 1.29 is 18.0 Å². The molecule has 3 rings (SSSR count). The van der Waals surface area contributed by atoms with Crippen LogP contribution in [0.25, 0.3) is 0 Å². The molecule has 1 aliphatic heterocycles. The number of hydrogen-bond donors (Lipinski definition) is 2. The quantitative estimate of drug-likeness (QED) is 0.707. The zero-order chi connectivity index (χ0) is 21.6. The van der Waals surface area contributed by atoms with Gasteiger partial charge in [-0.3, -0.25) is 9.59 Å². The Balaban J connectivity index is 1.62. The topological polar surface area (TPSA) is 95.6 Å². The van der Waals surface area contributed by atoms with Gasteiger partial charge in [-0.05, 0) is 43.5 Å². The molecule has 7 nitrogen and oxygen atoms in total. The maximum Gasteiger partial charge on any atom is 0.253 e. The Morgan fingerprint density at radius 2 is 1.63 bits per heavy atom. The largest absolute Gasteiger partial charge is 0.352 e. The van der Waals surface area contributed by atoms with Crippen molar-refractivity contribution in [3.05, 3.63) is 60.2 Å². The molecule has 0 radical (unpaired) electrons. The molecule has 2 N–H and O–H groups in total. The van der Waals surface area contributed by atoms with Gasteiger partial charge in [0.2, 0.25) is 15.9 Å². The third kappa shape index (κ3) is 5.06. The average molecular weight is 430 g/mol. The molecule has 1 heterocycles. The first kappa shape index (κ1) is 22.0. The molecule has 0 aromatic heterocycles. The maximum atomic E-state index is 12.8. The second-order valence-corrected chi connectivity index (χ2v) is 9.22. The molecular weight excluding hydrogens is 402 g/mol. The van der Waals surface area contributed by atoms with Crippen LogP contribution >= 0.6 is 0 Å². The molecule has 0 unspecified atom stereocenters. The minimum atomic E-state index is -3.55. The molecule has 2 aromatic carbocycles. The Morgan fingerprint density at radius 1 is 1.00 bits per heavy atom. The van der Waals surface area contributed by atoms with Crippen LogP contribution in [-0.4, -0.2) is 44.2 Å². The van der Waals surface area contributed by atoms with Gasteiger partial charge in [0.05, 0.1) is 16.1 Å². The number of carbonyl (C=O) groups is 2. The number of hydrogen-bond acceptors (Lipinski definition) is 4. The number of anilines is 1. The van der Waals surface area contributed by atoms with Crippen molar-refractivity contribution in [2.45, 2.75) is 31.1 Å². The van der Waals surface area contributed by atoms with Gasteiger partial charge in [0, 0.05) is 25.6 Å². The minimum absolute atomic E-state index is 0.192. The Labute approximate surface area is 177 Å². The third-order valence-corrected chi connectivity index (χ3v) is 7.08. The first-order chi connectivity index (χ1) is 14.4. The van der Waals surface area contributed by atoms with E-state index in [-0.39, 0.29) is 35.7 Å². The highest BCUT2D eigenvalue weighted by molar-refractivity contribution is 7.89. The molecule has 0 atom stereocenters. The van der Waals surface area contributed by atoms with Crippen molar-refractivity contribution >= 4 is 27.5 Å². The van der Waals surface area contributed by atoms with Crippen molar-refractivity contribution in [2.75, 3.05) is 25.0 Å². The number of rotatable bonds is 7. The number of sulfonamides is 1. The predicted octanol–water partition coefficient (Wildman–Crippen LogP) is 2.87. The third-order valence-electron chi connectivity index (χ3n) is 5.17. The van der Waals surface area contributed by atoms with Crippen molar-refractivity contribution in [1.29, 1.82) is 0 Å². The molecule has 0 bridgehead atoms. The van der Waals surface area contributed by atoms with Crippen LogP contribution in [0.2, 0.25) is 0 Å².